The zero-order valence-corrected chi connectivity index (χ0v) is 13.6. The molecule has 0 heterocycles. The van der Waals surface area contributed by atoms with Crippen molar-refractivity contribution >= 4 is 32.1 Å². The number of carbonyl (C=O) groups excluding carboxylic acids is 1. The maximum Gasteiger partial charge on any atom is 0.131 e. The van der Waals surface area contributed by atoms with Crippen molar-refractivity contribution in [3.05, 3.63) is 0 Å². The van der Waals surface area contributed by atoms with Crippen LogP contribution in [0.15, 0.2) is 0 Å². The van der Waals surface area contributed by atoms with Crippen molar-refractivity contribution in [1.82, 2.24) is 0 Å². The minimum Gasteiger partial charge on any atom is -0.530 e. The monoisotopic (exact) mass is 376 g/mol. The Morgan fingerprint density at radius 2 is 1.53 bits per heavy atom. The molecule has 0 aromatic carbocycles. The molecule has 0 saturated carbocycles. The first-order valence-electron chi connectivity index (χ1n) is 5.44. The Labute approximate surface area is 109 Å². The van der Waals surface area contributed by atoms with Gasteiger partial charge < -0.3 is 15.6 Å². The van der Waals surface area contributed by atoms with Crippen LogP contribution in [0.3, 0.4) is 0 Å². The van der Waals surface area contributed by atoms with E-state index >= 15 is 0 Å². The van der Waals surface area contributed by atoms with Gasteiger partial charge in [-0.05, 0) is 0 Å². The van der Waals surface area contributed by atoms with Gasteiger partial charge in [0.15, 0.2) is 0 Å². The van der Waals surface area contributed by atoms with Crippen molar-refractivity contribution in [3.63, 3.8) is 0 Å². The fourth-order valence-corrected chi connectivity index (χ4v) is 11.6. The Balaban J connectivity index is 0. The molecule has 0 unspecified atom stereocenters. The van der Waals surface area contributed by atoms with Gasteiger partial charge in [0, 0.05) is 0 Å². The van der Waals surface area contributed by atoms with Crippen LogP contribution in [0.4, 0.5) is 4.79 Å². The molecule has 0 atom stereocenters. The summed E-state index contributed by atoms with van der Waals surface area (Å²) in [5.41, 5.74) is 3.92. The summed E-state index contributed by atoms with van der Waals surface area (Å²) in [5.74, 6) is 0. The van der Waals surface area contributed by atoms with Crippen molar-refractivity contribution in [2.45, 2.75) is 48.3 Å². The predicted molar refractivity (Wildman–Crippen MR) is 66.3 cm³/mol. The van der Waals surface area contributed by atoms with Crippen LogP contribution in [-0.4, -0.2) is 37.9 Å². The van der Waals surface area contributed by atoms with E-state index in [9.17, 15) is 8.42 Å². The van der Waals surface area contributed by atoms with Crippen LogP contribution in [-0.2, 0) is 7.21 Å². The molecule has 0 fully saturated rings. The molecule has 0 aromatic heterocycles. The van der Waals surface area contributed by atoms with Crippen LogP contribution in [0.2, 0.25) is 8.73 Å². The zero-order valence-electron chi connectivity index (χ0n) is 10.3. The Morgan fingerprint density at radius 1 is 1.24 bits per heavy atom. The van der Waals surface area contributed by atoms with Gasteiger partial charge in [-0.3, -0.25) is 0 Å². The van der Waals surface area contributed by atoms with Gasteiger partial charge in [-0.25, -0.2) is 0 Å². The van der Waals surface area contributed by atoms with Gasteiger partial charge in [-0.2, -0.15) is 0 Å². The van der Waals surface area contributed by atoms with E-state index in [1.165, 1.54) is 0 Å². The second-order valence-corrected chi connectivity index (χ2v) is 17.0. The van der Waals surface area contributed by atoms with Crippen LogP contribution in [0.5, 0.6) is 0 Å². The molecule has 3 N–H and O–H groups in total. The molecule has 8 heteroatoms. The average Bonchev–Trinajstić information content (AvgIpc) is 2.15. The van der Waals surface area contributed by atoms with E-state index in [0.29, 0.717) is 0 Å². The summed E-state index contributed by atoms with van der Waals surface area (Å²) in [7, 11) is -3.63. The van der Waals surface area contributed by atoms with Gasteiger partial charge in [-0.15, -0.1) is 0 Å². The minimum atomic E-state index is -3.63. The number of hydrogen-bond acceptors (Lipinski definition) is 4. The van der Waals surface area contributed by atoms with Gasteiger partial charge in [0.1, 0.15) is 6.09 Å². The van der Waals surface area contributed by atoms with E-state index in [-0.39, 0.29) is 0 Å². The van der Waals surface area contributed by atoms with Crippen LogP contribution in [0.25, 0.3) is 0 Å². The Kier molecular flexibility index (Phi) is 12.6. The summed E-state index contributed by atoms with van der Waals surface area (Å²) in [6, 6.07) is 0. The standard InChI is InChI=1S/2C4H9.CH3NO2.HO3S.Sb/c2*1-3-4-2;2-1(3)4;1-4(2)3;/h2*1,3-4H2,2H3;2H2,(H,3,4);(H,1,2,3);/q;;;;+1/p-1. The molecule has 0 bridgehead atoms. The molecule has 0 aliphatic rings. The van der Waals surface area contributed by atoms with E-state index in [1.807, 2.05) is 13.8 Å². The van der Waals surface area contributed by atoms with Gasteiger partial charge in [0.25, 0.3) is 0 Å². The first-order chi connectivity index (χ1) is 7.75. The first kappa shape index (κ1) is 19.3. The topological polar surface area (TPSA) is 121 Å². The predicted octanol–water partition coefficient (Wildman–Crippen LogP) is 0.754. The number of hydrogen-bond donors (Lipinski definition) is 2. The molecule has 103 valence electrons. The quantitative estimate of drug-likeness (QED) is 0.501. The van der Waals surface area contributed by atoms with Crippen molar-refractivity contribution < 1.29 is 22.9 Å². The minimum absolute atomic E-state index is 0.776. The summed E-state index contributed by atoms with van der Waals surface area (Å²) in [4.78, 5) is 8.67. The second kappa shape index (κ2) is 11.1. The third-order valence-corrected chi connectivity index (χ3v) is 15.2. The molecule has 0 rings (SSSR count). The number of amides is 1. The fraction of sp³-hybridized carbons (Fsp3) is 0.889. The number of rotatable bonds is 7. The van der Waals surface area contributed by atoms with Crippen molar-refractivity contribution in [1.29, 1.82) is 0 Å². The number of unbranched alkanes of at least 4 members (excludes halogenated alkanes) is 2. The normalized spacial score (nSPS) is 10.8. The molecule has 0 aromatic rings. The molecule has 1 radical (unpaired) electrons. The maximum atomic E-state index is 11.0. The zero-order chi connectivity index (χ0) is 13.9. The molecular weight excluding hydrogens is 356 g/mol. The maximum absolute atomic E-state index is 11.0. The van der Waals surface area contributed by atoms with Crippen LogP contribution < -0.4 is 10.8 Å². The van der Waals surface area contributed by atoms with Crippen molar-refractivity contribution in [2.75, 3.05) is 0 Å². The SMILES string of the molecule is CCC[CH2][Sb+]([CH2]CCC)[S](=O)(=O)O.NC(=O)[O-]. The van der Waals surface area contributed by atoms with Crippen molar-refractivity contribution in [3.8, 4) is 0 Å². The number of primary amides is 1. The number of carbonyl (C=O) groups is 1. The Morgan fingerprint density at radius 3 is 1.71 bits per heavy atom. The average molecular weight is 377 g/mol. The van der Waals surface area contributed by atoms with E-state index in [1.54, 1.807) is 0 Å². The van der Waals surface area contributed by atoms with Crippen LogP contribution in [0, 0.1) is 0 Å². The molecule has 0 aliphatic heterocycles. The van der Waals surface area contributed by atoms with E-state index in [0.717, 1.165) is 34.4 Å². The Hall–Kier alpha value is -0.00182. The van der Waals surface area contributed by atoms with Crippen molar-refractivity contribution in [2.24, 2.45) is 5.73 Å². The fourth-order valence-electron chi connectivity index (χ4n) is 1.01. The van der Waals surface area contributed by atoms with Gasteiger partial charge in [0.2, 0.25) is 0 Å². The summed E-state index contributed by atoms with van der Waals surface area (Å²) < 4.78 is 32.5. The summed E-state index contributed by atoms with van der Waals surface area (Å²) >= 11 is -2.38. The van der Waals surface area contributed by atoms with E-state index in [2.05, 4.69) is 5.73 Å². The second-order valence-electron chi connectivity index (χ2n) is 3.40. The third-order valence-electron chi connectivity index (χ3n) is 1.85. The molecule has 0 spiro atoms. The number of carboxylic acid groups (broad SMARTS) is 1. The molecular formula is C9H21NO5SSb. The Bertz CT molecular complexity index is 282. The van der Waals surface area contributed by atoms with Gasteiger partial charge in [0.05, 0.1) is 0 Å². The summed E-state index contributed by atoms with van der Waals surface area (Å²) in [5, 5.41) is 8.67. The molecule has 17 heavy (non-hydrogen) atoms. The molecule has 0 saturated heterocycles. The van der Waals surface area contributed by atoms with E-state index in [4.69, 9.17) is 14.5 Å². The summed E-state index contributed by atoms with van der Waals surface area (Å²) in [6.07, 6.45) is 2.35. The van der Waals surface area contributed by atoms with Gasteiger partial charge >= 0.3 is 87.3 Å². The largest absolute Gasteiger partial charge is 0.530 e. The van der Waals surface area contributed by atoms with Crippen LogP contribution >= 0.6 is 0 Å². The molecule has 6 nitrogen and oxygen atoms in total. The molecule has 1 amide bonds. The molecule has 0 aliphatic carbocycles. The first-order valence-corrected chi connectivity index (χ1v) is 13.6. The third kappa shape index (κ3) is 16.0. The number of nitrogens with two attached hydrogens (primary N) is 1. The smallest absolute Gasteiger partial charge is 0.131 e. The van der Waals surface area contributed by atoms with E-state index < -0.39 is 32.1 Å². The van der Waals surface area contributed by atoms with Gasteiger partial charge in [-0.1, -0.05) is 0 Å². The van der Waals surface area contributed by atoms with Crippen LogP contribution in [0.1, 0.15) is 39.5 Å². The summed E-state index contributed by atoms with van der Waals surface area (Å²) in [6.45, 7) is 4.09.